The van der Waals surface area contributed by atoms with Crippen molar-refractivity contribution >= 4 is 43.0 Å². The molecule has 2 aromatic heterocycles. The molecule has 1 N–H and O–H groups in total. The number of hydrogen-bond donors (Lipinski definition) is 1. The number of nitrogens with zero attached hydrogens (tertiary/aromatic N) is 1. The second-order valence-electron chi connectivity index (χ2n) is 3.35. The quantitative estimate of drug-likeness (QED) is 0.939. The minimum Gasteiger partial charge on any atom is -0.277 e. The molecule has 4 nitrogen and oxygen atoms in total. The normalized spacial score (nSPS) is 11.4. The first-order valence-corrected chi connectivity index (χ1v) is 7.83. The average Bonchev–Trinajstić information content (AvgIpc) is 2.68. The molecule has 0 aliphatic rings. The minimum absolute atomic E-state index is 0.262. The molecule has 17 heavy (non-hydrogen) atoms. The Kier molecular flexibility index (Phi) is 3.50. The van der Waals surface area contributed by atoms with Crippen molar-refractivity contribution in [3.63, 3.8) is 0 Å². The highest BCUT2D eigenvalue weighted by molar-refractivity contribution is 9.10. The highest BCUT2D eigenvalue weighted by Crippen LogP contribution is 2.29. The van der Waals surface area contributed by atoms with E-state index in [4.69, 9.17) is 0 Å². The predicted molar refractivity (Wildman–Crippen MR) is 71.8 cm³/mol. The van der Waals surface area contributed by atoms with Gasteiger partial charge in [0.05, 0.1) is 11.9 Å². The lowest BCUT2D eigenvalue weighted by atomic mass is 10.4. The van der Waals surface area contributed by atoms with Crippen LogP contribution in [-0.2, 0) is 10.0 Å². The highest BCUT2D eigenvalue weighted by atomic mass is 79.9. The van der Waals surface area contributed by atoms with Gasteiger partial charge in [-0.15, -0.1) is 11.3 Å². The number of anilines is 1. The summed E-state index contributed by atoms with van der Waals surface area (Å²) in [5.41, 5.74) is 1.29. The molecule has 7 heteroatoms. The summed E-state index contributed by atoms with van der Waals surface area (Å²) in [6.07, 6.45) is 1.49. The van der Waals surface area contributed by atoms with Gasteiger partial charge in [-0.05, 0) is 46.4 Å². The van der Waals surface area contributed by atoms with Gasteiger partial charge in [0.15, 0.2) is 4.21 Å². The Bertz CT molecular complexity index is 620. The Labute approximate surface area is 112 Å². The molecule has 0 fully saturated rings. The van der Waals surface area contributed by atoms with Crippen LogP contribution in [0.4, 0.5) is 5.69 Å². The fraction of sp³-hybridized carbons (Fsp3) is 0.100. The van der Waals surface area contributed by atoms with Crippen LogP contribution in [0.25, 0.3) is 0 Å². The number of nitrogens with one attached hydrogen (secondary N) is 1. The van der Waals surface area contributed by atoms with Crippen molar-refractivity contribution in [1.82, 2.24) is 4.98 Å². The lowest BCUT2D eigenvalue weighted by molar-refractivity contribution is 0.603. The third-order valence-corrected chi connectivity index (χ3v) is 6.04. The van der Waals surface area contributed by atoms with E-state index in [2.05, 4.69) is 25.6 Å². The summed E-state index contributed by atoms with van der Waals surface area (Å²) in [5, 5.41) is 1.71. The molecule has 2 aromatic rings. The average molecular weight is 333 g/mol. The van der Waals surface area contributed by atoms with E-state index in [9.17, 15) is 8.42 Å². The lowest BCUT2D eigenvalue weighted by Gasteiger charge is -2.06. The topological polar surface area (TPSA) is 59.1 Å². The van der Waals surface area contributed by atoms with Crippen molar-refractivity contribution in [3.8, 4) is 0 Å². The fourth-order valence-corrected chi connectivity index (χ4v) is 4.58. The predicted octanol–water partition coefficient (Wildman–Crippen LogP) is 3.01. The standard InChI is InChI=1S/C10H9BrN2O2S2/c1-7-2-3-8(6-12-7)13-17(14,15)10-9(11)4-5-16-10/h2-6,13H,1H3. The van der Waals surface area contributed by atoms with Gasteiger partial charge in [-0.2, -0.15) is 0 Å². The van der Waals surface area contributed by atoms with E-state index in [1.165, 1.54) is 6.20 Å². The van der Waals surface area contributed by atoms with Gasteiger partial charge in [-0.25, -0.2) is 8.42 Å². The zero-order valence-corrected chi connectivity index (χ0v) is 12.1. The zero-order valence-electron chi connectivity index (χ0n) is 8.84. The molecule has 2 heterocycles. The van der Waals surface area contributed by atoms with E-state index in [-0.39, 0.29) is 4.21 Å². The first-order chi connectivity index (χ1) is 7.99. The van der Waals surface area contributed by atoms with E-state index < -0.39 is 10.0 Å². The molecule has 0 aliphatic heterocycles. The van der Waals surface area contributed by atoms with Gasteiger partial charge in [-0.1, -0.05) is 0 Å². The smallest absolute Gasteiger partial charge is 0.272 e. The molecule has 0 atom stereocenters. The van der Waals surface area contributed by atoms with E-state index >= 15 is 0 Å². The first-order valence-electron chi connectivity index (χ1n) is 4.67. The van der Waals surface area contributed by atoms with E-state index in [0.29, 0.717) is 10.2 Å². The molecule has 0 radical (unpaired) electrons. The third-order valence-electron chi connectivity index (χ3n) is 1.99. The van der Waals surface area contributed by atoms with Gasteiger partial charge < -0.3 is 0 Å². The summed E-state index contributed by atoms with van der Waals surface area (Å²) < 4.78 is 27.3. The largest absolute Gasteiger partial charge is 0.277 e. The Morgan fingerprint density at radius 1 is 1.35 bits per heavy atom. The highest BCUT2D eigenvalue weighted by Gasteiger charge is 2.19. The third kappa shape index (κ3) is 2.85. The van der Waals surface area contributed by atoms with Crippen LogP contribution in [0.15, 0.2) is 38.5 Å². The van der Waals surface area contributed by atoms with Gasteiger partial charge >= 0.3 is 0 Å². The van der Waals surface area contributed by atoms with Crippen molar-refractivity contribution in [1.29, 1.82) is 0 Å². The maximum absolute atomic E-state index is 12.0. The molecule has 0 aromatic carbocycles. The fourth-order valence-electron chi connectivity index (χ4n) is 1.20. The molecule has 0 saturated heterocycles. The van der Waals surface area contributed by atoms with Gasteiger partial charge in [0.25, 0.3) is 10.0 Å². The Hall–Kier alpha value is -0.920. The molecular formula is C10H9BrN2O2S2. The second-order valence-corrected chi connectivity index (χ2v) is 7.00. The Morgan fingerprint density at radius 2 is 2.12 bits per heavy atom. The number of aromatic nitrogens is 1. The van der Waals surface area contributed by atoms with E-state index in [1.807, 2.05) is 6.92 Å². The maximum Gasteiger partial charge on any atom is 0.272 e. The summed E-state index contributed by atoms with van der Waals surface area (Å²) in [6, 6.07) is 5.13. The number of pyridine rings is 1. The summed E-state index contributed by atoms with van der Waals surface area (Å²) in [7, 11) is -3.53. The van der Waals surface area contributed by atoms with Crippen LogP contribution in [0.3, 0.4) is 0 Å². The van der Waals surface area contributed by atoms with Crippen LogP contribution >= 0.6 is 27.3 Å². The number of sulfonamides is 1. The maximum atomic E-state index is 12.0. The number of thiophene rings is 1. The molecular weight excluding hydrogens is 324 g/mol. The van der Waals surface area contributed by atoms with Gasteiger partial charge in [-0.3, -0.25) is 9.71 Å². The van der Waals surface area contributed by atoms with Crippen LogP contribution in [-0.4, -0.2) is 13.4 Å². The van der Waals surface area contributed by atoms with Crippen molar-refractivity contribution in [2.75, 3.05) is 4.72 Å². The second kappa shape index (κ2) is 4.75. The van der Waals surface area contributed by atoms with Gasteiger partial charge in [0.2, 0.25) is 0 Å². The summed E-state index contributed by atoms with van der Waals surface area (Å²) >= 11 is 4.36. The molecule has 0 amide bonds. The summed E-state index contributed by atoms with van der Waals surface area (Å²) in [6.45, 7) is 1.84. The Morgan fingerprint density at radius 3 is 2.65 bits per heavy atom. The molecule has 2 rings (SSSR count). The number of halogens is 1. The van der Waals surface area contributed by atoms with Crippen molar-refractivity contribution in [2.24, 2.45) is 0 Å². The molecule has 0 spiro atoms. The first kappa shape index (κ1) is 12.5. The van der Waals surface area contributed by atoms with Crippen molar-refractivity contribution in [2.45, 2.75) is 11.1 Å². The number of aryl methyl sites for hydroxylation is 1. The molecule has 0 bridgehead atoms. The molecule has 0 unspecified atom stereocenters. The van der Waals surface area contributed by atoms with Crippen LogP contribution in [0.1, 0.15) is 5.69 Å². The van der Waals surface area contributed by atoms with Crippen LogP contribution in [0.5, 0.6) is 0 Å². The minimum atomic E-state index is -3.53. The summed E-state index contributed by atoms with van der Waals surface area (Å²) in [5.74, 6) is 0. The number of hydrogen-bond acceptors (Lipinski definition) is 4. The van der Waals surface area contributed by atoms with Gasteiger partial charge in [0, 0.05) is 10.2 Å². The van der Waals surface area contributed by atoms with Crippen LogP contribution < -0.4 is 4.72 Å². The van der Waals surface area contributed by atoms with Gasteiger partial charge in [0.1, 0.15) is 0 Å². The van der Waals surface area contributed by atoms with E-state index in [0.717, 1.165) is 17.0 Å². The molecule has 90 valence electrons. The molecule has 0 saturated carbocycles. The Balaban J connectivity index is 2.30. The number of rotatable bonds is 3. The van der Waals surface area contributed by atoms with Crippen molar-refractivity contribution in [3.05, 3.63) is 39.9 Å². The SMILES string of the molecule is Cc1ccc(NS(=O)(=O)c2sccc2Br)cn1. The zero-order chi connectivity index (χ0) is 12.5. The van der Waals surface area contributed by atoms with Crippen LogP contribution in [0, 0.1) is 6.92 Å². The lowest BCUT2D eigenvalue weighted by Crippen LogP contribution is -2.12. The van der Waals surface area contributed by atoms with Crippen LogP contribution in [0.2, 0.25) is 0 Å². The summed E-state index contributed by atoms with van der Waals surface area (Å²) in [4.78, 5) is 4.03. The monoisotopic (exact) mass is 332 g/mol. The van der Waals surface area contributed by atoms with E-state index in [1.54, 1.807) is 23.6 Å². The molecule has 0 aliphatic carbocycles. The van der Waals surface area contributed by atoms with Crippen molar-refractivity contribution < 1.29 is 8.42 Å².